The van der Waals surface area contributed by atoms with Gasteiger partial charge in [0.1, 0.15) is 17.2 Å². The first-order chi connectivity index (χ1) is 12.0. The van der Waals surface area contributed by atoms with Gasteiger partial charge in [0.25, 0.3) is 0 Å². The second-order valence-corrected chi connectivity index (χ2v) is 6.11. The van der Waals surface area contributed by atoms with Gasteiger partial charge in [-0.2, -0.15) is 0 Å². The number of Topliss-reactive ketones (excluding diaryl/α,β-unsaturated/α-hetero) is 1. The van der Waals surface area contributed by atoms with Crippen LogP contribution in [0.4, 0.5) is 0 Å². The number of carbonyl (C=O) groups excluding carboxylic acids is 2. The topological polar surface area (TPSA) is 77.6 Å². The third-order valence-electron chi connectivity index (χ3n) is 4.76. The fourth-order valence-electron chi connectivity index (χ4n) is 3.52. The van der Waals surface area contributed by atoms with Crippen molar-refractivity contribution in [1.29, 1.82) is 0 Å². The number of methoxy groups -OCH3 is 3. The van der Waals surface area contributed by atoms with Crippen molar-refractivity contribution in [1.82, 2.24) is 4.98 Å². The molecule has 1 N–H and O–H groups in total. The quantitative estimate of drug-likeness (QED) is 0.864. The van der Waals surface area contributed by atoms with Gasteiger partial charge in [-0.15, -0.1) is 0 Å². The second kappa shape index (κ2) is 6.63. The van der Waals surface area contributed by atoms with E-state index in [1.165, 1.54) is 7.11 Å². The van der Waals surface area contributed by atoms with Crippen molar-refractivity contribution in [3.05, 3.63) is 46.3 Å². The Hall–Kier alpha value is -2.76. The summed E-state index contributed by atoms with van der Waals surface area (Å²) in [6.45, 7) is 1.77. The predicted octanol–water partition coefficient (Wildman–Crippen LogP) is 3.04. The van der Waals surface area contributed by atoms with Gasteiger partial charge < -0.3 is 19.2 Å². The van der Waals surface area contributed by atoms with Gasteiger partial charge in [-0.1, -0.05) is 0 Å². The van der Waals surface area contributed by atoms with Crippen LogP contribution in [0.25, 0.3) is 0 Å². The van der Waals surface area contributed by atoms with E-state index in [0.29, 0.717) is 35.4 Å². The number of aromatic amines is 1. The normalized spacial score (nSPS) is 16.3. The maximum atomic E-state index is 12.7. The minimum absolute atomic E-state index is 0.0139. The van der Waals surface area contributed by atoms with Crippen LogP contribution in [0.2, 0.25) is 0 Å². The number of hydrogen-bond donors (Lipinski definition) is 1. The minimum atomic E-state index is -0.463. The third-order valence-corrected chi connectivity index (χ3v) is 4.76. The average molecular weight is 343 g/mol. The Labute approximate surface area is 146 Å². The molecule has 2 aromatic rings. The molecule has 0 radical (unpaired) electrons. The molecular formula is C19H21NO5. The Morgan fingerprint density at radius 3 is 2.56 bits per heavy atom. The number of carbonyl (C=O) groups is 2. The van der Waals surface area contributed by atoms with Crippen molar-refractivity contribution in [2.45, 2.75) is 25.7 Å². The molecule has 3 rings (SSSR count). The highest BCUT2D eigenvalue weighted by molar-refractivity contribution is 6.03. The Bertz CT molecular complexity index is 837. The van der Waals surface area contributed by atoms with E-state index in [1.54, 1.807) is 21.1 Å². The average Bonchev–Trinajstić information content (AvgIpc) is 2.97. The molecule has 1 aliphatic rings. The highest BCUT2D eigenvalue weighted by Crippen LogP contribution is 2.39. The number of ketones is 1. The highest BCUT2D eigenvalue weighted by Gasteiger charge is 2.33. The SMILES string of the molecule is COC(=O)c1[nH]c2c(c1C)C(=O)C[C@@H](c1cc(OC)ccc1OC)C2. The number of ether oxygens (including phenoxy) is 3. The first-order valence-corrected chi connectivity index (χ1v) is 8.05. The van der Waals surface area contributed by atoms with Gasteiger partial charge in [-0.25, -0.2) is 4.79 Å². The molecule has 6 heteroatoms. The molecule has 1 heterocycles. The smallest absolute Gasteiger partial charge is 0.354 e. The molecule has 0 aliphatic heterocycles. The van der Waals surface area contributed by atoms with Gasteiger partial charge in [0.2, 0.25) is 0 Å². The molecular weight excluding hydrogens is 322 g/mol. The van der Waals surface area contributed by atoms with E-state index in [9.17, 15) is 9.59 Å². The summed E-state index contributed by atoms with van der Waals surface area (Å²) in [6, 6.07) is 5.57. The van der Waals surface area contributed by atoms with E-state index in [0.717, 1.165) is 17.0 Å². The van der Waals surface area contributed by atoms with E-state index >= 15 is 0 Å². The fraction of sp³-hybridized carbons (Fsp3) is 0.368. The number of esters is 1. The summed E-state index contributed by atoms with van der Waals surface area (Å²) >= 11 is 0. The van der Waals surface area contributed by atoms with Crippen LogP contribution in [-0.4, -0.2) is 38.1 Å². The van der Waals surface area contributed by atoms with E-state index in [4.69, 9.17) is 14.2 Å². The monoisotopic (exact) mass is 343 g/mol. The number of aromatic nitrogens is 1. The molecule has 1 aromatic heterocycles. The molecule has 0 spiro atoms. The number of rotatable bonds is 4. The Balaban J connectivity index is 2.02. The summed E-state index contributed by atoms with van der Waals surface area (Å²) in [6.07, 6.45) is 0.971. The number of benzene rings is 1. The number of hydrogen-bond acceptors (Lipinski definition) is 5. The van der Waals surface area contributed by atoms with Crippen molar-refractivity contribution in [3.63, 3.8) is 0 Å². The summed E-state index contributed by atoms with van der Waals surface area (Å²) in [4.78, 5) is 27.7. The van der Waals surface area contributed by atoms with Crippen LogP contribution in [0, 0.1) is 6.92 Å². The van der Waals surface area contributed by atoms with Crippen LogP contribution in [0.15, 0.2) is 18.2 Å². The maximum absolute atomic E-state index is 12.7. The molecule has 6 nitrogen and oxygen atoms in total. The van der Waals surface area contributed by atoms with Crippen molar-refractivity contribution in [2.75, 3.05) is 21.3 Å². The van der Waals surface area contributed by atoms with Crippen LogP contribution in [0.3, 0.4) is 0 Å². The minimum Gasteiger partial charge on any atom is -0.497 e. The maximum Gasteiger partial charge on any atom is 0.354 e. The van der Waals surface area contributed by atoms with Gasteiger partial charge in [0.05, 0.1) is 21.3 Å². The van der Waals surface area contributed by atoms with Crippen LogP contribution >= 0.6 is 0 Å². The lowest BCUT2D eigenvalue weighted by Crippen LogP contribution is -2.19. The molecule has 1 aliphatic carbocycles. The second-order valence-electron chi connectivity index (χ2n) is 6.11. The zero-order valence-corrected chi connectivity index (χ0v) is 14.8. The Kier molecular flexibility index (Phi) is 4.53. The number of H-pyrrole nitrogens is 1. The van der Waals surface area contributed by atoms with Crippen molar-refractivity contribution >= 4 is 11.8 Å². The summed E-state index contributed by atoms with van der Waals surface area (Å²) in [5, 5.41) is 0. The first kappa shape index (κ1) is 17.1. The lowest BCUT2D eigenvalue weighted by Gasteiger charge is -2.24. The summed E-state index contributed by atoms with van der Waals surface area (Å²) in [7, 11) is 4.54. The van der Waals surface area contributed by atoms with Crippen LogP contribution < -0.4 is 9.47 Å². The lowest BCUT2D eigenvalue weighted by molar-refractivity contribution is 0.0593. The van der Waals surface area contributed by atoms with Gasteiger partial charge in [-0.05, 0) is 37.1 Å². The summed E-state index contributed by atoms with van der Waals surface area (Å²) < 4.78 is 15.5. The fourth-order valence-corrected chi connectivity index (χ4v) is 3.52. The molecule has 0 bridgehead atoms. The highest BCUT2D eigenvalue weighted by atomic mass is 16.5. The van der Waals surface area contributed by atoms with E-state index in [1.807, 2.05) is 18.2 Å². The third kappa shape index (κ3) is 2.88. The van der Waals surface area contributed by atoms with E-state index in [2.05, 4.69) is 4.98 Å². The van der Waals surface area contributed by atoms with Crippen LogP contribution in [-0.2, 0) is 11.2 Å². The molecule has 1 atom stereocenters. The van der Waals surface area contributed by atoms with Gasteiger partial charge >= 0.3 is 5.97 Å². The van der Waals surface area contributed by atoms with E-state index < -0.39 is 5.97 Å². The number of fused-ring (bicyclic) bond motifs is 1. The Morgan fingerprint density at radius 2 is 1.92 bits per heavy atom. The molecule has 0 fully saturated rings. The van der Waals surface area contributed by atoms with Gasteiger partial charge in [-0.3, -0.25) is 4.79 Å². The first-order valence-electron chi connectivity index (χ1n) is 8.05. The summed E-state index contributed by atoms with van der Waals surface area (Å²) in [5.74, 6) is 0.939. The zero-order valence-electron chi connectivity index (χ0n) is 14.8. The van der Waals surface area contributed by atoms with Crippen molar-refractivity contribution in [3.8, 4) is 11.5 Å². The number of nitrogens with one attached hydrogen (secondary N) is 1. The molecule has 25 heavy (non-hydrogen) atoms. The van der Waals surface area contributed by atoms with Crippen molar-refractivity contribution in [2.24, 2.45) is 0 Å². The largest absolute Gasteiger partial charge is 0.497 e. The van der Waals surface area contributed by atoms with Crippen LogP contribution in [0.1, 0.15) is 50.0 Å². The van der Waals surface area contributed by atoms with Gasteiger partial charge in [0, 0.05) is 29.2 Å². The Morgan fingerprint density at radius 1 is 1.16 bits per heavy atom. The molecule has 1 aromatic carbocycles. The lowest BCUT2D eigenvalue weighted by atomic mass is 9.81. The molecule has 0 saturated heterocycles. The predicted molar refractivity (Wildman–Crippen MR) is 91.8 cm³/mol. The molecule has 132 valence electrons. The zero-order chi connectivity index (χ0) is 18.1. The van der Waals surface area contributed by atoms with E-state index in [-0.39, 0.29) is 11.7 Å². The molecule has 0 unspecified atom stereocenters. The summed E-state index contributed by atoms with van der Waals surface area (Å²) in [5.41, 5.74) is 3.30. The van der Waals surface area contributed by atoms with Crippen molar-refractivity contribution < 1.29 is 23.8 Å². The molecule has 0 amide bonds. The van der Waals surface area contributed by atoms with Gasteiger partial charge in [0.15, 0.2) is 5.78 Å². The molecule has 0 saturated carbocycles. The standard InChI is InChI=1S/C19H21NO5/c1-10-17-14(20-18(10)19(22)25-4)7-11(8-15(17)21)13-9-12(23-2)5-6-16(13)24-3/h5-6,9,11,20H,7-8H2,1-4H3/t11-/m0/s1. The van der Waals surface area contributed by atoms with Crippen LogP contribution in [0.5, 0.6) is 11.5 Å².